The van der Waals surface area contributed by atoms with Gasteiger partial charge in [-0.3, -0.25) is 9.52 Å². The van der Waals surface area contributed by atoms with Gasteiger partial charge in [0.15, 0.2) is 5.13 Å². The minimum absolute atomic E-state index is 0.159. The van der Waals surface area contributed by atoms with E-state index in [1.165, 1.54) is 28.5 Å². The Hall–Kier alpha value is -3.66. The van der Waals surface area contributed by atoms with E-state index in [0.29, 0.717) is 10.8 Å². The SMILES string of the molecule is Cc1ccc(S(=O)(=O)Nc2ccc(SCC(=O)Nc3nc(-c4ccc5ccccc5c4)cs3)cc2)cc1. The minimum Gasteiger partial charge on any atom is -0.301 e. The molecule has 0 saturated carbocycles. The van der Waals surface area contributed by atoms with Crippen molar-refractivity contribution in [1.82, 2.24) is 4.98 Å². The lowest BCUT2D eigenvalue weighted by Gasteiger charge is -2.09. The number of amides is 1. The number of anilines is 2. The van der Waals surface area contributed by atoms with Gasteiger partial charge in [-0.25, -0.2) is 13.4 Å². The number of carbonyl (C=O) groups is 1. The number of rotatable bonds is 8. The first-order valence-electron chi connectivity index (χ1n) is 11.4. The van der Waals surface area contributed by atoms with Crippen molar-refractivity contribution in [2.24, 2.45) is 0 Å². The van der Waals surface area contributed by atoms with Gasteiger partial charge < -0.3 is 5.32 Å². The van der Waals surface area contributed by atoms with E-state index in [1.54, 1.807) is 48.5 Å². The standard InChI is InChI=1S/C28H23N3O3S3/c1-19-6-14-25(15-7-19)37(33,34)31-23-10-12-24(13-11-23)35-18-27(32)30-28-29-26(17-36-28)22-9-8-20-4-2-3-5-21(20)16-22/h2-17,31H,18H2,1H3,(H,29,30,32). The van der Waals surface area contributed by atoms with Crippen molar-refractivity contribution in [2.45, 2.75) is 16.7 Å². The number of nitrogens with zero attached hydrogens (tertiary/aromatic N) is 1. The van der Waals surface area contributed by atoms with Crippen molar-refractivity contribution in [1.29, 1.82) is 0 Å². The van der Waals surface area contributed by atoms with Crippen LogP contribution in [0, 0.1) is 6.92 Å². The molecule has 2 N–H and O–H groups in total. The highest BCUT2D eigenvalue weighted by Crippen LogP contribution is 2.28. The first-order chi connectivity index (χ1) is 17.9. The van der Waals surface area contributed by atoms with Crippen LogP contribution in [0.2, 0.25) is 0 Å². The van der Waals surface area contributed by atoms with Crippen LogP contribution < -0.4 is 10.0 Å². The molecular weight excluding hydrogens is 523 g/mol. The number of nitrogens with one attached hydrogen (secondary N) is 2. The van der Waals surface area contributed by atoms with E-state index in [2.05, 4.69) is 39.3 Å². The smallest absolute Gasteiger partial charge is 0.261 e. The summed E-state index contributed by atoms with van der Waals surface area (Å²) < 4.78 is 27.7. The Morgan fingerprint density at radius 3 is 2.41 bits per heavy atom. The van der Waals surface area contributed by atoms with Crippen LogP contribution in [0.3, 0.4) is 0 Å². The average molecular weight is 546 g/mol. The maximum atomic E-state index is 12.6. The molecule has 0 bridgehead atoms. The third kappa shape index (κ3) is 6.19. The molecule has 0 saturated heterocycles. The second-order valence-corrected chi connectivity index (χ2v) is 12.0. The molecular formula is C28H23N3O3S3. The van der Waals surface area contributed by atoms with Crippen molar-refractivity contribution in [3.8, 4) is 11.3 Å². The van der Waals surface area contributed by atoms with E-state index in [1.807, 2.05) is 30.5 Å². The quantitative estimate of drug-likeness (QED) is 0.209. The molecule has 0 fully saturated rings. The summed E-state index contributed by atoms with van der Waals surface area (Å²) in [7, 11) is -3.66. The molecule has 5 aromatic rings. The number of thiazole rings is 1. The molecule has 0 aliphatic heterocycles. The molecule has 0 aliphatic rings. The molecule has 0 radical (unpaired) electrons. The molecule has 1 heterocycles. The second-order valence-electron chi connectivity index (χ2n) is 8.38. The largest absolute Gasteiger partial charge is 0.301 e. The lowest BCUT2D eigenvalue weighted by Crippen LogP contribution is -2.14. The van der Waals surface area contributed by atoms with Gasteiger partial charge in [-0.05, 0) is 60.2 Å². The van der Waals surface area contributed by atoms with Gasteiger partial charge in [0.1, 0.15) is 0 Å². The maximum Gasteiger partial charge on any atom is 0.261 e. The monoisotopic (exact) mass is 545 g/mol. The summed E-state index contributed by atoms with van der Waals surface area (Å²) >= 11 is 2.75. The molecule has 9 heteroatoms. The predicted molar refractivity (Wildman–Crippen MR) is 153 cm³/mol. The molecule has 0 unspecified atom stereocenters. The Kier molecular flexibility index (Phi) is 7.27. The molecule has 0 spiro atoms. The lowest BCUT2D eigenvalue weighted by molar-refractivity contribution is -0.113. The molecule has 0 atom stereocenters. The van der Waals surface area contributed by atoms with E-state index in [-0.39, 0.29) is 16.6 Å². The lowest BCUT2D eigenvalue weighted by atomic mass is 10.1. The predicted octanol–water partition coefficient (Wildman–Crippen LogP) is 6.80. The zero-order chi connectivity index (χ0) is 25.8. The summed E-state index contributed by atoms with van der Waals surface area (Å²) in [6.07, 6.45) is 0. The number of thioether (sulfide) groups is 1. The Balaban J connectivity index is 1.15. The Morgan fingerprint density at radius 1 is 0.919 bits per heavy atom. The van der Waals surface area contributed by atoms with Gasteiger partial charge in [0, 0.05) is 21.5 Å². The van der Waals surface area contributed by atoms with Gasteiger partial charge in [-0.15, -0.1) is 23.1 Å². The Labute approximate surface area is 223 Å². The van der Waals surface area contributed by atoms with Gasteiger partial charge in [0.05, 0.1) is 16.3 Å². The highest BCUT2D eigenvalue weighted by atomic mass is 32.2. The fraction of sp³-hybridized carbons (Fsp3) is 0.0714. The van der Waals surface area contributed by atoms with Gasteiger partial charge in [-0.2, -0.15) is 0 Å². The topological polar surface area (TPSA) is 88.2 Å². The number of aryl methyl sites for hydroxylation is 1. The first-order valence-corrected chi connectivity index (χ1v) is 14.8. The van der Waals surface area contributed by atoms with Crippen molar-refractivity contribution < 1.29 is 13.2 Å². The summed E-state index contributed by atoms with van der Waals surface area (Å²) in [6.45, 7) is 1.90. The first kappa shape index (κ1) is 25.0. The van der Waals surface area contributed by atoms with Gasteiger partial charge in [0.25, 0.3) is 10.0 Å². The number of hydrogen-bond acceptors (Lipinski definition) is 6. The summed E-state index contributed by atoms with van der Waals surface area (Å²) in [4.78, 5) is 18.1. The van der Waals surface area contributed by atoms with Crippen LogP contribution in [0.4, 0.5) is 10.8 Å². The molecule has 1 amide bonds. The number of benzene rings is 4. The maximum absolute atomic E-state index is 12.6. The highest BCUT2D eigenvalue weighted by molar-refractivity contribution is 8.00. The number of carbonyl (C=O) groups excluding carboxylic acids is 1. The molecule has 0 aliphatic carbocycles. The van der Waals surface area contributed by atoms with E-state index >= 15 is 0 Å². The van der Waals surface area contributed by atoms with E-state index in [4.69, 9.17) is 0 Å². The van der Waals surface area contributed by atoms with Gasteiger partial charge >= 0.3 is 0 Å². The van der Waals surface area contributed by atoms with E-state index < -0.39 is 10.0 Å². The van der Waals surface area contributed by atoms with Gasteiger partial charge in [-0.1, -0.05) is 54.1 Å². The number of fused-ring (bicyclic) bond motifs is 1. The van der Waals surface area contributed by atoms with E-state index in [9.17, 15) is 13.2 Å². The van der Waals surface area contributed by atoms with Crippen molar-refractivity contribution >= 4 is 60.6 Å². The third-order valence-electron chi connectivity index (χ3n) is 5.60. The second kappa shape index (κ2) is 10.8. The van der Waals surface area contributed by atoms with E-state index in [0.717, 1.165) is 27.1 Å². The average Bonchev–Trinajstić information content (AvgIpc) is 3.36. The highest BCUT2D eigenvalue weighted by Gasteiger charge is 2.14. The molecule has 186 valence electrons. The molecule has 6 nitrogen and oxygen atoms in total. The van der Waals surface area contributed by atoms with Crippen LogP contribution in [0.1, 0.15) is 5.56 Å². The van der Waals surface area contributed by atoms with Crippen LogP contribution in [0.25, 0.3) is 22.0 Å². The van der Waals surface area contributed by atoms with Crippen LogP contribution in [0.15, 0.2) is 106 Å². The van der Waals surface area contributed by atoms with Crippen LogP contribution >= 0.6 is 23.1 Å². The molecule has 37 heavy (non-hydrogen) atoms. The third-order valence-corrected chi connectivity index (χ3v) is 8.77. The van der Waals surface area contributed by atoms with Crippen molar-refractivity contribution in [3.63, 3.8) is 0 Å². The van der Waals surface area contributed by atoms with Crippen LogP contribution in [-0.4, -0.2) is 25.1 Å². The summed E-state index contributed by atoms with van der Waals surface area (Å²) in [6, 6.07) is 28.0. The Bertz CT molecular complexity index is 1660. The molecule has 5 rings (SSSR count). The van der Waals surface area contributed by atoms with Crippen LogP contribution in [-0.2, 0) is 14.8 Å². The fourth-order valence-electron chi connectivity index (χ4n) is 3.67. The minimum atomic E-state index is -3.66. The number of hydrogen-bond donors (Lipinski definition) is 2. The summed E-state index contributed by atoms with van der Waals surface area (Å²) in [5.41, 5.74) is 3.27. The number of aromatic nitrogens is 1. The summed E-state index contributed by atoms with van der Waals surface area (Å²) in [5.74, 6) is 0.0489. The van der Waals surface area contributed by atoms with Crippen LogP contribution in [0.5, 0.6) is 0 Å². The van der Waals surface area contributed by atoms with Crippen molar-refractivity contribution in [3.05, 3.63) is 102 Å². The number of sulfonamides is 1. The molecule has 4 aromatic carbocycles. The normalized spacial score (nSPS) is 11.4. The molecule has 1 aromatic heterocycles. The van der Waals surface area contributed by atoms with Crippen molar-refractivity contribution in [2.75, 3.05) is 15.8 Å². The summed E-state index contributed by atoms with van der Waals surface area (Å²) in [5, 5.41) is 7.66. The fourth-order valence-corrected chi connectivity index (χ4v) is 6.16. The zero-order valence-electron chi connectivity index (χ0n) is 19.8. The van der Waals surface area contributed by atoms with Gasteiger partial charge in [0.2, 0.25) is 5.91 Å². The Morgan fingerprint density at radius 2 is 1.65 bits per heavy atom. The zero-order valence-corrected chi connectivity index (χ0v) is 22.3.